The van der Waals surface area contributed by atoms with Crippen LogP contribution in [0.25, 0.3) is 0 Å². The summed E-state index contributed by atoms with van der Waals surface area (Å²) in [7, 11) is 1.49. The molecular weight excluding hydrogens is 701 g/mol. The SMILES string of the molecule is CCCCCCCCCCCCCCCCCCCCCCCCC(=O)OC(COC(=O)CCCCCCCCCC)COP(=O)(O)OCC[N+](C)(C)C. The first-order valence-electron chi connectivity index (χ1n) is 22.8. The normalized spacial score (nSPS) is 13.5. The number of phosphoric acid groups is 1. The third kappa shape index (κ3) is 40.7. The molecule has 0 aromatic rings. The molecule has 2 unspecified atom stereocenters. The average Bonchev–Trinajstić information content (AvgIpc) is 3.12. The number of quaternary nitrogens is 1. The van der Waals surface area contributed by atoms with Gasteiger partial charge in [0.15, 0.2) is 6.10 Å². The fourth-order valence-corrected chi connectivity index (χ4v) is 7.29. The fourth-order valence-electron chi connectivity index (χ4n) is 6.54. The zero-order valence-corrected chi connectivity index (χ0v) is 37.1. The highest BCUT2D eigenvalue weighted by Gasteiger charge is 2.27. The van der Waals surface area contributed by atoms with E-state index >= 15 is 0 Å². The second-order valence-electron chi connectivity index (χ2n) is 16.8. The summed E-state index contributed by atoms with van der Waals surface area (Å²) in [5, 5.41) is 0. The van der Waals surface area contributed by atoms with Crippen LogP contribution in [0.1, 0.15) is 219 Å². The van der Waals surface area contributed by atoms with Crippen LogP contribution in [0, 0.1) is 0 Å². The van der Waals surface area contributed by atoms with Gasteiger partial charge in [0.1, 0.15) is 19.8 Å². The maximum Gasteiger partial charge on any atom is 0.472 e. The van der Waals surface area contributed by atoms with Gasteiger partial charge in [0.2, 0.25) is 0 Å². The van der Waals surface area contributed by atoms with Crippen LogP contribution < -0.4 is 0 Å². The summed E-state index contributed by atoms with van der Waals surface area (Å²) >= 11 is 0. The lowest BCUT2D eigenvalue weighted by molar-refractivity contribution is -0.870. The lowest BCUT2D eigenvalue weighted by Crippen LogP contribution is -2.37. The van der Waals surface area contributed by atoms with Crippen molar-refractivity contribution in [3.8, 4) is 0 Å². The molecule has 9 nitrogen and oxygen atoms in total. The van der Waals surface area contributed by atoms with Crippen LogP contribution in [-0.4, -0.2) is 74.9 Å². The molecular formula is C44H89NO8P+. The average molecular weight is 791 g/mol. The Morgan fingerprint density at radius 1 is 0.500 bits per heavy atom. The number of hydrogen-bond donors (Lipinski definition) is 1. The van der Waals surface area contributed by atoms with Gasteiger partial charge in [0.25, 0.3) is 0 Å². The first kappa shape index (κ1) is 53.0. The lowest BCUT2D eigenvalue weighted by Gasteiger charge is -2.24. The van der Waals surface area contributed by atoms with Gasteiger partial charge in [0, 0.05) is 12.8 Å². The second kappa shape index (κ2) is 37.6. The Bertz CT molecular complexity index is 896. The molecule has 0 spiro atoms. The number of rotatable bonds is 42. The molecule has 0 aliphatic rings. The maximum absolute atomic E-state index is 12.7. The molecule has 0 saturated heterocycles. The van der Waals surface area contributed by atoms with Crippen molar-refractivity contribution in [3.05, 3.63) is 0 Å². The minimum atomic E-state index is -4.36. The summed E-state index contributed by atoms with van der Waals surface area (Å²) in [6.45, 7) is 4.42. The van der Waals surface area contributed by atoms with Gasteiger partial charge < -0.3 is 18.9 Å². The third-order valence-corrected chi connectivity index (χ3v) is 11.1. The number of likely N-dealkylation sites (N-methyl/N-ethyl adjacent to an activating group) is 1. The van der Waals surface area contributed by atoms with E-state index in [9.17, 15) is 19.0 Å². The van der Waals surface area contributed by atoms with Gasteiger partial charge >= 0.3 is 19.8 Å². The van der Waals surface area contributed by atoms with Crippen LogP contribution in [0.3, 0.4) is 0 Å². The standard InChI is InChI=1S/C44H88NO8P/c1-6-8-10-12-14-16-17-18-19-20-21-22-23-24-25-26-27-28-29-31-33-35-37-44(47)53-42(41-52-54(48,49)51-39-38-45(3,4)5)40-50-43(46)36-34-32-30-15-13-11-9-7-2/h42H,6-41H2,1-5H3/p+1. The number of esters is 2. The van der Waals surface area contributed by atoms with Crippen molar-refractivity contribution >= 4 is 19.8 Å². The lowest BCUT2D eigenvalue weighted by atomic mass is 10.0. The first-order chi connectivity index (χ1) is 26.0. The van der Waals surface area contributed by atoms with Crippen molar-refractivity contribution in [1.82, 2.24) is 0 Å². The Hall–Kier alpha value is -0.990. The van der Waals surface area contributed by atoms with Gasteiger partial charge in [-0.3, -0.25) is 18.6 Å². The Kier molecular flexibility index (Phi) is 36.9. The zero-order valence-electron chi connectivity index (χ0n) is 36.2. The van der Waals surface area contributed by atoms with Crippen LogP contribution in [0.4, 0.5) is 0 Å². The van der Waals surface area contributed by atoms with E-state index in [0.717, 1.165) is 38.5 Å². The van der Waals surface area contributed by atoms with Gasteiger partial charge in [-0.25, -0.2) is 4.57 Å². The number of ether oxygens (including phenoxy) is 2. The van der Waals surface area contributed by atoms with E-state index in [-0.39, 0.29) is 25.6 Å². The number of carbonyl (C=O) groups excluding carboxylic acids is 2. The van der Waals surface area contributed by atoms with Crippen LogP contribution in [0.2, 0.25) is 0 Å². The van der Waals surface area contributed by atoms with Gasteiger partial charge in [0.05, 0.1) is 27.7 Å². The highest BCUT2D eigenvalue weighted by atomic mass is 31.2. The number of carbonyl (C=O) groups is 2. The first-order valence-corrected chi connectivity index (χ1v) is 24.3. The highest BCUT2D eigenvalue weighted by molar-refractivity contribution is 7.47. The molecule has 322 valence electrons. The summed E-state index contributed by atoms with van der Waals surface area (Å²) in [6.07, 6.45) is 37.4. The quantitative estimate of drug-likeness (QED) is 0.0282. The van der Waals surface area contributed by atoms with E-state index in [1.165, 1.54) is 154 Å². The molecule has 0 aliphatic heterocycles. The molecule has 0 aromatic carbocycles. The van der Waals surface area contributed by atoms with E-state index in [0.29, 0.717) is 17.4 Å². The van der Waals surface area contributed by atoms with E-state index in [1.54, 1.807) is 0 Å². The van der Waals surface area contributed by atoms with Crippen molar-refractivity contribution < 1.29 is 42.1 Å². The topological polar surface area (TPSA) is 108 Å². The van der Waals surface area contributed by atoms with Gasteiger partial charge in [-0.2, -0.15) is 0 Å². The van der Waals surface area contributed by atoms with Crippen molar-refractivity contribution in [1.29, 1.82) is 0 Å². The maximum atomic E-state index is 12.7. The fraction of sp³-hybridized carbons (Fsp3) is 0.955. The van der Waals surface area contributed by atoms with Crippen molar-refractivity contribution in [2.45, 2.75) is 225 Å². The van der Waals surface area contributed by atoms with Crippen LogP contribution in [-0.2, 0) is 32.7 Å². The summed E-state index contributed by atoms with van der Waals surface area (Å²) in [5.74, 6) is -0.789. The van der Waals surface area contributed by atoms with Gasteiger partial charge in [-0.15, -0.1) is 0 Å². The van der Waals surface area contributed by atoms with Crippen LogP contribution in [0.5, 0.6) is 0 Å². The molecule has 54 heavy (non-hydrogen) atoms. The summed E-state index contributed by atoms with van der Waals surface area (Å²) in [6, 6.07) is 0. The predicted molar refractivity (Wildman–Crippen MR) is 225 cm³/mol. The number of unbranched alkanes of at least 4 members (excludes halogenated alkanes) is 28. The van der Waals surface area contributed by atoms with E-state index in [1.807, 2.05) is 21.1 Å². The summed E-state index contributed by atoms with van der Waals surface area (Å²) in [5.41, 5.74) is 0. The minimum absolute atomic E-state index is 0.0365. The minimum Gasteiger partial charge on any atom is -0.462 e. The number of nitrogens with zero attached hydrogens (tertiary/aromatic N) is 1. The van der Waals surface area contributed by atoms with E-state index in [4.69, 9.17) is 18.5 Å². The number of hydrogen-bond acceptors (Lipinski definition) is 7. The predicted octanol–water partition coefficient (Wildman–Crippen LogP) is 12.8. The molecule has 0 saturated carbocycles. The Morgan fingerprint density at radius 3 is 1.19 bits per heavy atom. The van der Waals surface area contributed by atoms with Crippen LogP contribution >= 0.6 is 7.82 Å². The molecule has 0 amide bonds. The smallest absolute Gasteiger partial charge is 0.462 e. The van der Waals surface area contributed by atoms with Crippen LogP contribution in [0.15, 0.2) is 0 Å². The molecule has 0 bridgehead atoms. The molecule has 0 aliphatic carbocycles. The molecule has 1 N–H and O–H groups in total. The molecule has 0 rings (SSSR count). The molecule has 2 atom stereocenters. The van der Waals surface area contributed by atoms with Crippen molar-refractivity contribution in [3.63, 3.8) is 0 Å². The second-order valence-corrected chi connectivity index (χ2v) is 18.3. The van der Waals surface area contributed by atoms with Crippen molar-refractivity contribution in [2.75, 3.05) is 47.5 Å². The van der Waals surface area contributed by atoms with Gasteiger partial charge in [-0.05, 0) is 12.8 Å². The Morgan fingerprint density at radius 2 is 0.833 bits per heavy atom. The monoisotopic (exact) mass is 791 g/mol. The molecule has 0 fully saturated rings. The highest BCUT2D eigenvalue weighted by Crippen LogP contribution is 2.43. The molecule has 0 heterocycles. The zero-order chi connectivity index (χ0) is 40.0. The Balaban J connectivity index is 4.13. The Labute approximate surface area is 334 Å². The molecule has 0 radical (unpaired) electrons. The van der Waals surface area contributed by atoms with Crippen molar-refractivity contribution in [2.24, 2.45) is 0 Å². The van der Waals surface area contributed by atoms with E-state index < -0.39 is 26.5 Å². The molecule has 10 heteroatoms. The number of phosphoric ester groups is 1. The largest absolute Gasteiger partial charge is 0.472 e. The summed E-state index contributed by atoms with van der Waals surface area (Å²) in [4.78, 5) is 35.2. The molecule has 0 aromatic heterocycles. The van der Waals surface area contributed by atoms with Gasteiger partial charge in [-0.1, -0.05) is 194 Å². The van der Waals surface area contributed by atoms with E-state index in [2.05, 4.69) is 13.8 Å². The summed E-state index contributed by atoms with van der Waals surface area (Å²) < 4.78 is 34.2. The third-order valence-electron chi connectivity index (χ3n) is 10.1.